The summed E-state index contributed by atoms with van der Waals surface area (Å²) in [4.78, 5) is 35.8. The van der Waals surface area contributed by atoms with Crippen LogP contribution >= 0.6 is 11.8 Å². The summed E-state index contributed by atoms with van der Waals surface area (Å²) >= 11 is 1.20. The number of hydrogen-bond acceptors (Lipinski definition) is 6. The summed E-state index contributed by atoms with van der Waals surface area (Å²) in [5.41, 5.74) is 3.33. The minimum atomic E-state index is -4.76. The number of aromatic nitrogens is 3. The molecule has 0 unspecified atom stereocenters. The summed E-state index contributed by atoms with van der Waals surface area (Å²) < 4.78 is 56.6. The number of carbonyl (C=O) groups is 2. The number of benzene rings is 3. The van der Waals surface area contributed by atoms with Gasteiger partial charge >= 0.3 is 6.36 Å². The van der Waals surface area contributed by atoms with Crippen molar-refractivity contribution in [1.29, 1.82) is 0 Å². The van der Waals surface area contributed by atoms with Crippen LogP contribution in [-0.4, -0.2) is 43.9 Å². The van der Waals surface area contributed by atoms with Crippen LogP contribution in [0, 0.1) is 11.2 Å². The van der Waals surface area contributed by atoms with Crippen molar-refractivity contribution < 1.29 is 31.9 Å². The highest BCUT2D eigenvalue weighted by Crippen LogP contribution is 2.35. The van der Waals surface area contributed by atoms with Gasteiger partial charge in [-0.3, -0.25) is 14.5 Å². The Balaban J connectivity index is 1.19. The van der Waals surface area contributed by atoms with Crippen molar-refractivity contribution in [2.75, 3.05) is 10.7 Å². The van der Waals surface area contributed by atoms with E-state index in [0.717, 1.165) is 11.1 Å². The van der Waals surface area contributed by atoms with Crippen LogP contribution in [-0.2, 0) is 16.0 Å². The Kier molecular flexibility index (Phi) is 9.85. The Bertz CT molecular complexity index is 1780. The van der Waals surface area contributed by atoms with Crippen LogP contribution in [0.4, 0.5) is 23.2 Å². The van der Waals surface area contributed by atoms with Crippen LogP contribution in [0.1, 0.15) is 57.6 Å². The summed E-state index contributed by atoms with van der Waals surface area (Å²) in [5.74, 6) is -0.656. The van der Waals surface area contributed by atoms with E-state index in [1.807, 2.05) is 38.1 Å². The Morgan fingerprint density at radius 1 is 1.04 bits per heavy atom. The number of hydrogen-bond donors (Lipinski definition) is 0. The largest absolute Gasteiger partial charge is 0.573 e. The monoisotopic (exact) mass is 667 g/mol. The lowest BCUT2D eigenvalue weighted by atomic mass is 9.81. The predicted octanol–water partition coefficient (Wildman–Crippen LogP) is 8.11. The maximum atomic E-state index is 13.9. The number of anilines is 1. The van der Waals surface area contributed by atoms with E-state index in [4.69, 9.17) is 0 Å². The third-order valence-electron chi connectivity index (χ3n) is 7.58. The quantitative estimate of drug-likeness (QED) is 0.159. The SMILES string of the molecule is CC(C)c1cc(F)ccc1N1C(=O)CSC1=NC(=O)CCC(C)(C)Cc1ccc(-c2ncn(-c3ccc(OC(F)(F)F)cc3)n2)cc1. The first-order chi connectivity index (χ1) is 22.2. The van der Waals surface area contributed by atoms with Crippen LogP contribution < -0.4 is 9.64 Å². The second-order valence-electron chi connectivity index (χ2n) is 12.3. The molecule has 1 aromatic heterocycles. The molecule has 2 heterocycles. The van der Waals surface area contributed by atoms with Crippen LogP contribution in [0.2, 0.25) is 0 Å². The molecule has 4 aromatic rings. The lowest BCUT2D eigenvalue weighted by Gasteiger charge is -2.24. The number of thioether (sulfide) groups is 1. The van der Waals surface area contributed by atoms with E-state index in [-0.39, 0.29) is 46.9 Å². The fourth-order valence-electron chi connectivity index (χ4n) is 5.21. The van der Waals surface area contributed by atoms with Crippen LogP contribution in [0.5, 0.6) is 5.75 Å². The van der Waals surface area contributed by atoms with Gasteiger partial charge < -0.3 is 4.74 Å². The minimum absolute atomic E-state index is 0.0318. The summed E-state index contributed by atoms with van der Waals surface area (Å²) in [5, 5.41) is 4.76. The molecule has 5 rings (SSSR count). The fraction of sp³-hybridized carbons (Fsp3) is 0.324. The van der Waals surface area contributed by atoms with E-state index in [1.165, 1.54) is 64.1 Å². The zero-order valence-corrected chi connectivity index (χ0v) is 27.0. The van der Waals surface area contributed by atoms with Gasteiger partial charge in [-0.15, -0.1) is 18.3 Å². The summed E-state index contributed by atoms with van der Waals surface area (Å²) in [6.45, 7) is 7.98. The van der Waals surface area contributed by atoms with Crippen molar-refractivity contribution in [3.05, 3.63) is 90.0 Å². The molecular weight excluding hydrogens is 634 g/mol. The average molecular weight is 668 g/mol. The molecule has 3 aromatic carbocycles. The minimum Gasteiger partial charge on any atom is -0.406 e. The number of amidine groups is 1. The first kappa shape index (κ1) is 33.8. The molecule has 0 saturated carbocycles. The van der Waals surface area contributed by atoms with E-state index in [0.29, 0.717) is 40.8 Å². The van der Waals surface area contributed by atoms with Gasteiger partial charge in [0, 0.05) is 12.0 Å². The maximum Gasteiger partial charge on any atom is 0.573 e. The molecule has 0 aliphatic carbocycles. The van der Waals surface area contributed by atoms with Gasteiger partial charge in [-0.2, -0.15) is 4.99 Å². The van der Waals surface area contributed by atoms with Crippen molar-refractivity contribution in [2.24, 2.45) is 10.4 Å². The third kappa shape index (κ3) is 8.64. The lowest BCUT2D eigenvalue weighted by molar-refractivity contribution is -0.274. The normalized spacial score (nSPS) is 14.8. The van der Waals surface area contributed by atoms with Crippen molar-refractivity contribution in [2.45, 2.75) is 59.2 Å². The second-order valence-corrected chi connectivity index (χ2v) is 13.2. The number of halogens is 4. The van der Waals surface area contributed by atoms with E-state index in [1.54, 1.807) is 6.07 Å². The van der Waals surface area contributed by atoms with Gasteiger partial charge in [0.25, 0.3) is 0 Å². The van der Waals surface area contributed by atoms with E-state index in [9.17, 15) is 27.2 Å². The Morgan fingerprint density at radius 2 is 1.74 bits per heavy atom. The molecule has 0 N–H and O–H groups in total. The summed E-state index contributed by atoms with van der Waals surface area (Å²) in [6, 6.07) is 17.3. The van der Waals surface area contributed by atoms with Gasteiger partial charge in [0.15, 0.2) is 11.0 Å². The third-order valence-corrected chi connectivity index (χ3v) is 8.50. The van der Waals surface area contributed by atoms with Gasteiger partial charge in [0.05, 0.1) is 17.1 Å². The molecule has 1 saturated heterocycles. The molecule has 1 aliphatic rings. The number of alkyl halides is 3. The number of amides is 2. The smallest absolute Gasteiger partial charge is 0.406 e. The van der Waals surface area contributed by atoms with Gasteiger partial charge in [-0.05, 0) is 77.8 Å². The summed E-state index contributed by atoms with van der Waals surface area (Å²) in [7, 11) is 0. The molecule has 246 valence electrons. The maximum absolute atomic E-state index is 13.9. The standard InChI is InChI=1S/C34H33F4N5O3S/c1-21(2)27-17-24(35)9-14-28(27)43-30(45)19-47-32(43)40-29(44)15-16-33(3,4)18-22-5-7-23(8-6-22)31-39-20-42(41-31)25-10-12-26(13-11-25)46-34(36,37)38/h5-14,17,20-21H,15-16,18-19H2,1-4H3. The Labute approximate surface area is 273 Å². The molecule has 1 aliphatic heterocycles. The Morgan fingerprint density at radius 3 is 2.40 bits per heavy atom. The molecule has 13 heteroatoms. The predicted molar refractivity (Wildman–Crippen MR) is 173 cm³/mol. The fourth-order valence-corrected chi connectivity index (χ4v) is 6.09. The van der Waals surface area contributed by atoms with Crippen molar-refractivity contribution in [3.63, 3.8) is 0 Å². The first-order valence-corrected chi connectivity index (χ1v) is 15.9. The van der Waals surface area contributed by atoms with Gasteiger partial charge in [0.2, 0.25) is 11.8 Å². The zero-order valence-electron chi connectivity index (χ0n) is 26.2. The lowest BCUT2D eigenvalue weighted by Crippen LogP contribution is -2.31. The number of carbonyl (C=O) groups excluding carboxylic acids is 2. The molecule has 8 nitrogen and oxygen atoms in total. The average Bonchev–Trinajstić information content (AvgIpc) is 3.63. The first-order valence-electron chi connectivity index (χ1n) is 14.9. The topological polar surface area (TPSA) is 89.7 Å². The highest BCUT2D eigenvalue weighted by Gasteiger charge is 2.33. The number of ether oxygens (including phenoxy) is 1. The van der Waals surface area contributed by atoms with Gasteiger partial charge in [-0.1, -0.05) is 63.7 Å². The van der Waals surface area contributed by atoms with Crippen LogP contribution in [0.25, 0.3) is 17.1 Å². The molecule has 1 fully saturated rings. The number of nitrogens with zero attached hydrogens (tertiary/aromatic N) is 5. The number of aliphatic imine (C=N–C) groups is 1. The van der Waals surface area contributed by atoms with Crippen molar-refractivity contribution in [1.82, 2.24) is 14.8 Å². The molecule has 0 atom stereocenters. The van der Waals surface area contributed by atoms with Gasteiger partial charge in [-0.25, -0.2) is 14.1 Å². The van der Waals surface area contributed by atoms with E-state index < -0.39 is 6.36 Å². The molecule has 47 heavy (non-hydrogen) atoms. The second kappa shape index (κ2) is 13.7. The molecule has 0 bridgehead atoms. The number of rotatable bonds is 10. The zero-order chi connectivity index (χ0) is 33.9. The van der Waals surface area contributed by atoms with E-state index in [2.05, 4.69) is 33.7 Å². The van der Waals surface area contributed by atoms with Crippen LogP contribution in [0.3, 0.4) is 0 Å². The van der Waals surface area contributed by atoms with Crippen molar-refractivity contribution >= 4 is 34.4 Å². The molecule has 0 spiro atoms. The van der Waals surface area contributed by atoms with Crippen LogP contribution in [0.15, 0.2) is 78.0 Å². The molecular formula is C34H33F4N5O3S. The Hall–Kier alpha value is -4.52. The molecule has 2 amide bonds. The highest BCUT2D eigenvalue weighted by molar-refractivity contribution is 8.15. The molecule has 0 radical (unpaired) electrons. The van der Waals surface area contributed by atoms with E-state index >= 15 is 0 Å². The van der Waals surface area contributed by atoms with Crippen molar-refractivity contribution in [3.8, 4) is 22.8 Å². The van der Waals surface area contributed by atoms with Gasteiger partial charge in [0.1, 0.15) is 17.9 Å². The summed E-state index contributed by atoms with van der Waals surface area (Å²) in [6.07, 6.45) is -1.83. The highest BCUT2D eigenvalue weighted by atomic mass is 32.2.